The Balaban J connectivity index is 2.04. The van der Waals surface area contributed by atoms with Crippen LogP contribution in [0.5, 0.6) is 0 Å². The van der Waals surface area contributed by atoms with Crippen LogP contribution in [0.15, 0.2) is 23.2 Å². The van der Waals surface area contributed by atoms with Crippen LogP contribution in [0.25, 0.3) is 0 Å². The number of pyridine rings is 1. The molecule has 0 unspecified atom stereocenters. The Morgan fingerprint density at radius 3 is 2.50 bits per heavy atom. The van der Waals surface area contributed by atoms with Gasteiger partial charge in [0.1, 0.15) is 10.7 Å². The number of aliphatic carboxylic acids is 1. The Kier molecular flexibility index (Phi) is 5.02. The molecule has 1 aromatic heterocycles. The van der Waals surface area contributed by atoms with E-state index < -0.39 is 16.0 Å². The monoisotopic (exact) mass is 327 g/mol. The number of carbonyl (C=O) groups is 1. The van der Waals surface area contributed by atoms with Gasteiger partial charge in [0.05, 0.1) is 5.92 Å². The maximum Gasteiger partial charge on any atom is 0.310 e. The highest BCUT2D eigenvalue weighted by atomic mass is 32.2. The third-order valence-corrected chi connectivity index (χ3v) is 5.40. The van der Waals surface area contributed by atoms with Crippen molar-refractivity contribution in [2.45, 2.75) is 37.6 Å². The summed E-state index contributed by atoms with van der Waals surface area (Å²) in [6.45, 7) is 4.67. The van der Waals surface area contributed by atoms with Crippen LogP contribution in [0.3, 0.4) is 0 Å². The summed E-state index contributed by atoms with van der Waals surface area (Å²) >= 11 is 0. The van der Waals surface area contributed by atoms with Crippen molar-refractivity contribution >= 4 is 21.8 Å². The molecule has 1 aromatic rings. The predicted molar refractivity (Wildman–Crippen MR) is 82.3 cm³/mol. The van der Waals surface area contributed by atoms with E-state index in [2.05, 4.69) is 9.71 Å². The molecule has 0 bridgehead atoms. The van der Waals surface area contributed by atoms with Crippen molar-refractivity contribution in [1.29, 1.82) is 0 Å². The highest BCUT2D eigenvalue weighted by Gasteiger charge is 2.33. The van der Waals surface area contributed by atoms with Crippen molar-refractivity contribution in [3.63, 3.8) is 0 Å². The summed E-state index contributed by atoms with van der Waals surface area (Å²) in [5, 5.41) is 8.84. The van der Waals surface area contributed by atoms with E-state index in [9.17, 15) is 13.2 Å². The number of carboxylic acids is 1. The van der Waals surface area contributed by atoms with Crippen LogP contribution < -0.4 is 9.62 Å². The Hall–Kier alpha value is -1.67. The normalized spacial score (nSPS) is 15.9. The van der Waals surface area contributed by atoms with Gasteiger partial charge in [-0.15, -0.1) is 0 Å². The molecule has 0 spiro atoms. The molecule has 1 saturated heterocycles. The van der Waals surface area contributed by atoms with Crippen LogP contribution >= 0.6 is 0 Å². The van der Waals surface area contributed by atoms with E-state index in [0.29, 0.717) is 18.9 Å². The minimum atomic E-state index is -3.56. The number of hydrogen-bond acceptors (Lipinski definition) is 5. The largest absolute Gasteiger partial charge is 0.481 e. The standard InChI is InChI=1S/C14H21N3O4S/c1-3-11(4-2)16-22(20,21)12-5-6-13(15-7-12)17-8-10(9-17)14(18)19/h5-7,10-11,16H,3-4,8-9H2,1-2H3,(H,18,19). The molecule has 0 amide bonds. The molecule has 22 heavy (non-hydrogen) atoms. The predicted octanol–water partition coefficient (Wildman–Crippen LogP) is 1.07. The molecule has 0 aromatic carbocycles. The first-order valence-corrected chi connectivity index (χ1v) is 8.81. The summed E-state index contributed by atoms with van der Waals surface area (Å²) in [6, 6.07) is 3.03. The van der Waals surface area contributed by atoms with E-state index in [1.54, 1.807) is 6.07 Å². The molecule has 0 aliphatic carbocycles. The van der Waals surface area contributed by atoms with Gasteiger partial charge < -0.3 is 10.0 Å². The second kappa shape index (κ2) is 6.62. The fourth-order valence-corrected chi connectivity index (χ4v) is 3.63. The number of hydrogen-bond donors (Lipinski definition) is 2. The number of nitrogens with one attached hydrogen (secondary N) is 1. The van der Waals surface area contributed by atoms with Gasteiger partial charge in [0.2, 0.25) is 10.0 Å². The smallest absolute Gasteiger partial charge is 0.310 e. The van der Waals surface area contributed by atoms with Crippen molar-refractivity contribution in [1.82, 2.24) is 9.71 Å². The van der Waals surface area contributed by atoms with Crippen LogP contribution in [-0.2, 0) is 14.8 Å². The lowest BCUT2D eigenvalue weighted by Gasteiger charge is -2.37. The molecule has 122 valence electrons. The molecule has 1 aliphatic heterocycles. The second-order valence-electron chi connectivity index (χ2n) is 5.43. The lowest BCUT2D eigenvalue weighted by atomic mass is 10.0. The fourth-order valence-electron chi connectivity index (χ4n) is 2.28. The van der Waals surface area contributed by atoms with Crippen LogP contribution in [0.1, 0.15) is 26.7 Å². The number of rotatable bonds is 7. The summed E-state index contributed by atoms with van der Waals surface area (Å²) in [5.41, 5.74) is 0. The minimum absolute atomic E-state index is 0.0867. The minimum Gasteiger partial charge on any atom is -0.481 e. The van der Waals surface area contributed by atoms with Gasteiger partial charge in [-0.05, 0) is 25.0 Å². The molecule has 7 nitrogen and oxygen atoms in total. The molecule has 1 fully saturated rings. The summed E-state index contributed by atoms with van der Waals surface area (Å²) in [5.74, 6) is -0.592. The maximum absolute atomic E-state index is 12.2. The molecule has 0 saturated carbocycles. The third kappa shape index (κ3) is 3.56. The summed E-state index contributed by atoms with van der Waals surface area (Å²) < 4.78 is 27.1. The molecular formula is C14H21N3O4S. The van der Waals surface area contributed by atoms with E-state index in [0.717, 1.165) is 12.8 Å². The lowest BCUT2D eigenvalue weighted by Crippen LogP contribution is -2.50. The van der Waals surface area contributed by atoms with Gasteiger partial charge in [0, 0.05) is 25.3 Å². The van der Waals surface area contributed by atoms with E-state index >= 15 is 0 Å². The van der Waals surface area contributed by atoms with E-state index in [1.165, 1.54) is 12.3 Å². The Morgan fingerprint density at radius 2 is 2.05 bits per heavy atom. The molecule has 8 heteroatoms. The van der Waals surface area contributed by atoms with Crippen LogP contribution in [0, 0.1) is 5.92 Å². The molecular weight excluding hydrogens is 306 g/mol. The Labute approximate surface area is 130 Å². The fraction of sp³-hybridized carbons (Fsp3) is 0.571. The van der Waals surface area contributed by atoms with Gasteiger partial charge >= 0.3 is 5.97 Å². The first-order valence-electron chi connectivity index (χ1n) is 7.33. The molecule has 1 aliphatic rings. The molecule has 2 heterocycles. The number of nitrogens with zero attached hydrogens (tertiary/aromatic N) is 2. The highest BCUT2D eigenvalue weighted by Crippen LogP contribution is 2.23. The van der Waals surface area contributed by atoms with Crippen molar-refractivity contribution < 1.29 is 18.3 Å². The van der Waals surface area contributed by atoms with E-state index in [4.69, 9.17) is 5.11 Å². The van der Waals surface area contributed by atoms with Gasteiger partial charge in [0.25, 0.3) is 0 Å². The molecule has 2 rings (SSSR count). The second-order valence-corrected chi connectivity index (χ2v) is 7.14. The summed E-state index contributed by atoms with van der Waals surface area (Å²) in [4.78, 5) is 16.8. The van der Waals surface area contributed by atoms with Crippen LogP contribution in [0.4, 0.5) is 5.82 Å². The molecule has 0 radical (unpaired) electrons. The van der Waals surface area contributed by atoms with Crippen molar-refractivity contribution in [3.8, 4) is 0 Å². The number of carboxylic acid groups (broad SMARTS) is 1. The zero-order valence-electron chi connectivity index (χ0n) is 12.7. The van der Waals surface area contributed by atoms with Crippen molar-refractivity contribution in [3.05, 3.63) is 18.3 Å². The summed E-state index contributed by atoms with van der Waals surface area (Å²) in [6.07, 6.45) is 2.77. The first-order chi connectivity index (χ1) is 10.4. The lowest BCUT2D eigenvalue weighted by molar-refractivity contribution is -0.142. The van der Waals surface area contributed by atoms with Crippen LogP contribution in [0.2, 0.25) is 0 Å². The third-order valence-electron chi connectivity index (χ3n) is 3.89. The van der Waals surface area contributed by atoms with E-state index in [1.807, 2.05) is 18.7 Å². The highest BCUT2D eigenvalue weighted by molar-refractivity contribution is 7.89. The Bertz CT molecular complexity index is 620. The van der Waals surface area contributed by atoms with Gasteiger partial charge in [0.15, 0.2) is 0 Å². The first kappa shape index (κ1) is 16.7. The number of anilines is 1. The van der Waals surface area contributed by atoms with Gasteiger partial charge in [-0.2, -0.15) is 0 Å². The topological polar surface area (TPSA) is 99.6 Å². The number of aromatic nitrogens is 1. The SMILES string of the molecule is CCC(CC)NS(=O)(=O)c1ccc(N2CC(C(=O)O)C2)nc1. The van der Waals surface area contributed by atoms with Gasteiger partial charge in [-0.1, -0.05) is 13.8 Å². The van der Waals surface area contributed by atoms with Crippen molar-refractivity contribution in [2.24, 2.45) is 5.92 Å². The maximum atomic E-state index is 12.2. The zero-order valence-corrected chi connectivity index (χ0v) is 13.5. The Morgan fingerprint density at radius 1 is 1.41 bits per heavy atom. The van der Waals surface area contributed by atoms with Gasteiger partial charge in [-0.3, -0.25) is 4.79 Å². The van der Waals surface area contributed by atoms with E-state index in [-0.39, 0.29) is 16.9 Å². The number of sulfonamides is 1. The summed E-state index contributed by atoms with van der Waals surface area (Å²) in [7, 11) is -3.56. The molecule has 0 atom stereocenters. The average molecular weight is 327 g/mol. The molecule has 2 N–H and O–H groups in total. The van der Waals surface area contributed by atoms with Gasteiger partial charge in [-0.25, -0.2) is 18.1 Å². The quantitative estimate of drug-likeness (QED) is 0.777. The van der Waals surface area contributed by atoms with Crippen molar-refractivity contribution in [2.75, 3.05) is 18.0 Å². The average Bonchev–Trinajstić information content (AvgIpc) is 2.43. The van der Waals surface area contributed by atoms with Crippen LogP contribution in [-0.4, -0.2) is 43.6 Å². The zero-order chi connectivity index (χ0) is 16.3.